The minimum Gasteiger partial charge on any atom is -0.467 e. The quantitative estimate of drug-likeness (QED) is 0.377. The van der Waals surface area contributed by atoms with Crippen LogP contribution in [0.15, 0.2) is 62.5 Å². The number of nitrogens with zero attached hydrogens (tertiary/aromatic N) is 5. The molecule has 0 spiro atoms. The Hall–Kier alpha value is -3.39. The van der Waals surface area contributed by atoms with Gasteiger partial charge >= 0.3 is 0 Å². The van der Waals surface area contributed by atoms with Gasteiger partial charge in [-0.25, -0.2) is 0 Å². The van der Waals surface area contributed by atoms with Crippen LogP contribution in [-0.4, -0.2) is 51.2 Å². The number of rotatable bonds is 6. The van der Waals surface area contributed by atoms with Gasteiger partial charge < -0.3 is 13.7 Å². The van der Waals surface area contributed by atoms with E-state index < -0.39 is 0 Å². The molecule has 0 atom stereocenters. The minimum absolute atomic E-state index is 0.217. The number of benzene rings is 1. The number of piperazine rings is 1. The highest BCUT2D eigenvalue weighted by Crippen LogP contribution is 2.34. The highest BCUT2D eigenvalue weighted by molar-refractivity contribution is 8.26. The predicted octanol–water partition coefficient (Wildman–Crippen LogP) is 3.86. The Bertz CT molecular complexity index is 1260. The van der Waals surface area contributed by atoms with E-state index in [1.165, 1.54) is 22.2 Å². The van der Waals surface area contributed by atoms with Crippen LogP contribution in [0, 0.1) is 11.3 Å². The third kappa shape index (κ3) is 4.77. The molecule has 8 nitrogen and oxygen atoms in total. The number of oxazole rings is 1. The van der Waals surface area contributed by atoms with Crippen molar-refractivity contribution in [3.63, 3.8) is 0 Å². The zero-order valence-corrected chi connectivity index (χ0v) is 19.8. The average molecular weight is 492 g/mol. The first-order valence-electron chi connectivity index (χ1n) is 10.8. The molecule has 0 bridgehead atoms. The molecule has 0 radical (unpaired) electrons. The molecule has 2 saturated heterocycles. The average Bonchev–Trinajstić information content (AvgIpc) is 3.57. The van der Waals surface area contributed by atoms with Crippen LogP contribution in [0.1, 0.15) is 22.9 Å². The van der Waals surface area contributed by atoms with Crippen molar-refractivity contribution in [3.8, 4) is 6.07 Å². The Morgan fingerprint density at radius 3 is 2.62 bits per heavy atom. The van der Waals surface area contributed by atoms with Crippen molar-refractivity contribution in [2.45, 2.75) is 13.1 Å². The van der Waals surface area contributed by atoms with Crippen molar-refractivity contribution in [3.05, 3.63) is 76.5 Å². The van der Waals surface area contributed by atoms with E-state index >= 15 is 0 Å². The molecule has 3 aromatic rings. The van der Waals surface area contributed by atoms with E-state index in [1.807, 2.05) is 23.1 Å². The summed E-state index contributed by atoms with van der Waals surface area (Å²) < 4.78 is 11.7. The molecule has 0 saturated carbocycles. The van der Waals surface area contributed by atoms with Crippen molar-refractivity contribution < 1.29 is 13.6 Å². The lowest BCUT2D eigenvalue weighted by Gasteiger charge is -2.34. The lowest BCUT2D eigenvalue weighted by Crippen LogP contribution is -2.46. The number of carbonyl (C=O) groups is 1. The molecule has 0 aliphatic carbocycles. The fourth-order valence-electron chi connectivity index (χ4n) is 3.93. The molecular formula is C24H21N5O3S2. The van der Waals surface area contributed by atoms with Crippen molar-refractivity contribution in [1.29, 1.82) is 5.26 Å². The highest BCUT2D eigenvalue weighted by Gasteiger charge is 2.33. The number of aromatic nitrogens is 1. The molecule has 10 heteroatoms. The van der Waals surface area contributed by atoms with E-state index in [2.05, 4.69) is 28.1 Å². The summed E-state index contributed by atoms with van der Waals surface area (Å²) in [6, 6.07) is 16.0. The predicted molar refractivity (Wildman–Crippen MR) is 133 cm³/mol. The molecule has 2 aliphatic heterocycles. The summed E-state index contributed by atoms with van der Waals surface area (Å²) in [4.78, 5) is 23.5. The van der Waals surface area contributed by atoms with E-state index in [0.717, 1.165) is 32.7 Å². The summed E-state index contributed by atoms with van der Waals surface area (Å²) >= 11 is 6.55. The van der Waals surface area contributed by atoms with Gasteiger partial charge in [0.2, 0.25) is 17.5 Å². The maximum absolute atomic E-state index is 12.9. The lowest BCUT2D eigenvalue weighted by atomic mass is 10.2. The van der Waals surface area contributed by atoms with E-state index in [9.17, 15) is 10.1 Å². The second kappa shape index (κ2) is 9.85. The molecule has 2 aliphatic rings. The number of hydrogen-bond acceptors (Lipinski definition) is 9. The largest absolute Gasteiger partial charge is 0.467 e. The van der Waals surface area contributed by atoms with Gasteiger partial charge in [-0.3, -0.25) is 14.6 Å². The van der Waals surface area contributed by atoms with Crippen LogP contribution >= 0.6 is 24.0 Å². The van der Waals surface area contributed by atoms with Gasteiger partial charge in [0.05, 0.1) is 17.7 Å². The molecule has 2 aromatic heterocycles. The van der Waals surface area contributed by atoms with Crippen molar-refractivity contribution >= 4 is 46.2 Å². The van der Waals surface area contributed by atoms with Crippen LogP contribution in [-0.2, 0) is 17.9 Å². The van der Waals surface area contributed by atoms with Crippen LogP contribution in [0.2, 0.25) is 0 Å². The van der Waals surface area contributed by atoms with E-state index in [-0.39, 0.29) is 24.0 Å². The third-order valence-electron chi connectivity index (χ3n) is 5.66. The van der Waals surface area contributed by atoms with Crippen LogP contribution in [0.4, 0.5) is 5.88 Å². The molecule has 0 unspecified atom stereocenters. The molecule has 1 amide bonds. The second-order valence-corrected chi connectivity index (χ2v) is 9.59. The zero-order chi connectivity index (χ0) is 23.5. The van der Waals surface area contributed by atoms with Crippen LogP contribution in [0.3, 0.4) is 0 Å². The van der Waals surface area contributed by atoms with E-state index in [1.54, 1.807) is 24.5 Å². The van der Waals surface area contributed by atoms with E-state index in [4.69, 9.17) is 21.1 Å². The summed E-state index contributed by atoms with van der Waals surface area (Å²) in [6.07, 6.45) is 3.11. The summed E-state index contributed by atoms with van der Waals surface area (Å²) in [5.41, 5.74) is 1.49. The number of thioether (sulfide) groups is 1. The maximum Gasteiger partial charge on any atom is 0.266 e. The minimum atomic E-state index is -0.237. The number of anilines is 1. The standard InChI is InChI=1S/C24H21N5O3S2/c25-14-19-23(28-10-8-27(9-11-28)15-17-5-2-1-3-6-17)32-21(26-19)13-20-22(30)29(24(33)34-20)16-18-7-4-12-31-18/h1-7,12-13H,8-11,15-16H2/b20-13+. The Morgan fingerprint density at radius 2 is 1.91 bits per heavy atom. The molecule has 2 fully saturated rings. The summed E-state index contributed by atoms with van der Waals surface area (Å²) in [6.45, 7) is 4.30. The zero-order valence-electron chi connectivity index (χ0n) is 18.2. The normalized spacial score (nSPS) is 18.1. The maximum atomic E-state index is 12.9. The number of furan rings is 1. The molecule has 4 heterocycles. The van der Waals surface area contributed by atoms with Gasteiger partial charge in [-0.15, -0.1) is 0 Å². The van der Waals surface area contributed by atoms with Crippen molar-refractivity contribution in [2.75, 3.05) is 31.1 Å². The number of nitriles is 1. The number of thiocarbonyl (C=S) groups is 1. The Labute approximate surface area is 206 Å². The fraction of sp³-hybridized carbons (Fsp3) is 0.250. The smallest absolute Gasteiger partial charge is 0.266 e. The summed E-state index contributed by atoms with van der Waals surface area (Å²) in [5.74, 6) is 1.07. The van der Waals surface area contributed by atoms with Gasteiger partial charge in [-0.2, -0.15) is 10.2 Å². The monoisotopic (exact) mass is 491 g/mol. The number of carbonyl (C=O) groups excluding carboxylic acids is 1. The lowest BCUT2D eigenvalue weighted by molar-refractivity contribution is -0.122. The molecule has 34 heavy (non-hydrogen) atoms. The summed E-state index contributed by atoms with van der Waals surface area (Å²) in [7, 11) is 0. The van der Waals surface area contributed by atoms with Gasteiger partial charge in [0, 0.05) is 38.8 Å². The van der Waals surface area contributed by atoms with Crippen molar-refractivity contribution in [2.24, 2.45) is 0 Å². The van der Waals surface area contributed by atoms with Crippen LogP contribution in [0.25, 0.3) is 6.08 Å². The van der Waals surface area contributed by atoms with Crippen molar-refractivity contribution in [1.82, 2.24) is 14.8 Å². The van der Waals surface area contributed by atoms with Crippen LogP contribution in [0.5, 0.6) is 0 Å². The van der Waals surface area contributed by atoms with Crippen LogP contribution < -0.4 is 4.90 Å². The SMILES string of the molecule is N#Cc1nc(/C=C2/SC(=S)N(Cc3ccco3)C2=O)oc1N1CCN(Cc2ccccc2)CC1. The highest BCUT2D eigenvalue weighted by atomic mass is 32.2. The topological polar surface area (TPSA) is 89.7 Å². The first-order valence-corrected chi connectivity index (χ1v) is 12.0. The molecule has 0 N–H and O–H groups in total. The van der Waals surface area contributed by atoms with E-state index in [0.29, 0.717) is 20.9 Å². The Balaban J connectivity index is 1.27. The van der Waals surface area contributed by atoms with Gasteiger partial charge in [0.25, 0.3) is 5.91 Å². The first-order chi connectivity index (χ1) is 16.6. The van der Waals surface area contributed by atoms with Gasteiger partial charge in [-0.1, -0.05) is 54.3 Å². The third-order valence-corrected chi connectivity index (χ3v) is 7.04. The van der Waals surface area contributed by atoms with Gasteiger partial charge in [0.15, 0.2) is 0 Å². The van der Waals surface area contributed by atoms with Gasteiger partial charge in [-0.05, 0) is 17.7 Å². The molecule has 172 valence electrons. The Morgan fingerprint density at radius 1 is 1.12 bits per heavy atom. The number of amides is 1. The fourth-order valence-corrected chi connectivity index (χ4v) is 5.15. The van der Waals surface area contributed by atoms with Gasteiger partial charge in [0.1, 0.15) is 16.2 Å². The first kappa shape index (κ1) is 22.4. The second-order valence-electron chi connectivity index (χ2n) is 7.91. The summed E-state index contributed by atoms with van der Waals surface area (Å²) in [5, 5.41) is 9.61. The number of hydrogen-bond donors (Lipinski definition) is 0. The Kier molecular flexibility index (Phi) is 6.49. The molecular weight excluding hydrogens is 470 g/mol. The molecule has 1 aromatic carbocycles. The molecule has 5 rings (SSSR count).